The van der Waals surface area contributed by atoms with E-state index in [2.05, 4.69) is 6.92 Å². The molecule has 0 bridgehead atoms. The molecule has 3 heteroatoms. The molecule has 0 aromatic rings. The zero-order valence-corrected chi connectivity index (χ0v) is 11.2. The van der Waals surface area contributed by atoms with Crippen molar-refractivity contribution in [2.75, 3.05) is 6.54 Å². The van der Waals surface area contributed by atoms with Crippen LogP contribution in [0.25, 0.3) is 0 Å². The Labute approximate surface area is 106 Å². The first-order chi connectivity index (χ1) is 8.22. The third-order valence-electron chi connectivity index (χ3n) is 3.25. The highest BCUT2D eigenvalue weighted by atomic mass is 16.4. The predicted octanol–water partition coefficient (Wildman–Crippen LogP) is 2.23. The summed E-state index contributed by atoms with van der Waals surface area (Å²) in [4.78, 5) is 10.9. The molecule has 3 nitrogen and oxygen atoms in total. The molecule has 102 valence electrons. The maximum atomic E-state index is 10.9. The smallest absolute Gasteiger partial charge is 0.0445 e. The van der Waals surface area contributed by atoms with Crippen LogP contribution in [0.1, 0.15) is 71.1 Å². The van der Waals surface area contributed by atoms with Gasteiger partial charge in [-0.3, -0.25) is 0 Å². The normalized spacial score (nSPS) is 12.6. The lowest BCUT2D eigenvalue weighted by atomic mass is 9.95. The van der Waals surface area contributed by atoms with Crippen molar-refractivity contribution in [1.29, 1.82) is 0 Å². The minimum atomic E-state index is -0.867. The molecule has 0 aromatic heterocycles. The zero-order chi connectivity index (χ0) is 12.9. The minimum absolute atomic E-state index is 0.241. The van der Waals surface area contributed by atoms with E-state index >= 15 is 0 Å². The van der Waals surface area contributed by atoms with E-state index in [0.29, 0.717) is 6.54 Å². The Bertz CT molecular complexity index is 183. The molecule has 0 aliphatic carbocycles. The highest BCUT2D eigenvalue weighted by molar-refractivity contribution is 5.67. The number of unbranched alkanes of at least 4 members (excludes halogenated alkanes) is 6. The second kappa shape index (κ2) is 11.9. The number of aliphatic carboxylic acids is 1. The first-order valence-electron chi connectivity index (χ1n) is 7.13. The number of carboxylic acids is 1. The fourth-order valence-electron chi connectivity index (χ4n) is 2.09. The van der Waals surface area contributed by atoms with Crippen LogP contribution >= 0.6 is 0 Å². The van der Waals surface area contributed by atoms with Crippen LogP contribution in [0.15, 0.2) is 0 Å². The third-order valence-corrected chi connectivity index (χ3v) is 3.25. The summed E-state index contributed by atoms with van der Waals surface area (Å²) in [6.45, 7) is 2.88. The molecule has 2 N–H and O–H groups in total. The van der Waals surface area contributed by atoms with Crippen LogP contribution in [-0.4, -0.2) is 12.5 Å². The van der Waals surface area contributed by atoms with E-state index in [1.165, 1.54) is 19.3 Å². The highest BCUT2D eigenvalue weighted by Gasteiger charge is 2.09. The van der Waals surface area contributed by atoms with E-state index in [0.717, 1.165) is 44.9 Å². The molecular weight excluding hydrogens is 214 g/mol. The molecule has 0 radical (unpaired) electrons. The molecule has 0 rings (SSSR count). The second-order valence-electron chi connectivity index (χ2n) is 4.86. The number of rotatable bonds is 12. The Morgan fingerprint density at radius 1 is 1.00 bits per heavy atom. The number of carbonyl (C=O) groups excluding carboxylic acids is 1. The molecule has 0 saturated carbocycles. The summed E-state index contributed by atoms with van der Waals surface area (Å²) in [6.07, 6.45) is 10.4. The van der Waals surface area contributed by atoms with Gasteiger partial charge in [-0.25, -0.2) is 0 Å². The number of carbonyl (C=O) groups is 1. The second-order valence-corrected chi connectivity index (χ2v) is 4.86. The third kappa shape index (κ3) is 10.3. The molecule has 0 aliphatic rings. The van der Waals surface area contributed by atoms with Gasteiger partial charge in [-0.05, 0) is 31.7 Å². The first kappa shape index (κ1) is 16.4. The van der Waals surface area contributed by atoms with E-state index in [9.17, 15) is 9.90 Å². The predicted molar refractivity (Wildman–Crippen MR) is 69.4 cm³/mol. The number of carboxylic acid groups (broad SMARTS) is 1. The Kier molecular flexibility index (Phi) is 11.5. The van der Waals surface area contributed by atoms with Gasteiger partial charge >= 0.3 is 0 Å². The summed E-state index contributed by atoms with van der Waals surface area (Å²) >= 11 is 0. The fraction of sp³-hybridized carbons (Fsp3) is 0.929. The van der Waals surface area contributed by atoms with E-state index in [-0.39, 0.29) is 5.92 Å². The number of nitrogens with two attached hydrogens (primary N) is 1. The first-order valence-corrected chi connectivity index (χ1v) is 7.13. The summed E-state index contributed by atoms with van der Waals surface area (Å²) in [5, 5.41) is 10.9. The van der Waals surface area contributed by atoms with Gasteiger partial charge in [0.05, 0.1) is 0 Å². The summed E-state index contributed by atoms with van der Waals surface area (Å²) < 4.78 is 0. The van der Waals surface area contributed by atoms with Crippen LogP contribution in [0.3, 0.4) is 0 Å². The summed E-state index contributed by atoms with van der Waals surface area (Å²) in [7, 11) is 0. The Morgan fingerprint density at radius 3 is 2.00 bits per heavy atom. The molecule has 1 atom stereocenters. The van der Waals surface area contributed by atoms with E-state index < -0.39 is 5.97 Å². The fourth-order valence-corrected chi connectivity index (χ4v) is 2.09. The van der Waals surface area contributed by atoms with Crippen LogP contribution in [0.2, 0.25) is 0 Å². The Balaban J connectivity index is 3.57. The van der Waals surface area contributed by atoms with Crippen LogP contribution in [-0.2, 0) is 4.79 Å². The lowest BCUT2D eigenvalue weighted by Crippen LogP contribution is -2.31. The molecule has 0 saturated heterocycles. The zero-order valence-electron chi connectivity index (χ0n) is 11.2. The van der Waals surface area contributed by atoms with Crippen LogP contribution in [0.5, 0.6) is 0 Å². The maximum Gasteiger partial charge on any atom is 0.0445 e. The average molecular weight is 242 g/mol. The van der Waals surface area contributed by atoms with Gasteiger partial charge in [0.1, 0.15) is 0 Å². The quantitative estimate of drug-likeness (QED) is 0.534. The highest BCUT2D eigenvalue weighted by Crippen LogP contribution is 2.17. The summed E-state index contributed by atoms with van der Waals surface area (Å²) in [5.74, 6) is -1.11. The van der Waals surface area contributed by atoms with Gasteiger partial charge < -0.3 is 15.6 Å². The topological polar surface area (TPSA) is 66.2 Å². The number of hydrogen-bond donors (Lipinski definition) is 1. The molecule has 17 heavy (non-hydrogen) atoms. The van der Waals surface area contributed by atoms with Crippen molar-refractivity contribution >= 4 is 5.97 Å². The molecule has 0 aromatic carbocycles. The van der Waals surface area contributed by atoms with Crippen LogP contribution in [0.4, 0.5) is 0 Å². The number of hydrogen-bond acceptors (Lipinski definition) is 3. The van der Waals surface area contributed by atoms with Gasteiger partial charge in [0, 0.05) is 5.97 Å². The molecule has 0 amide bonds. The van der Waals surface area contributed by atoms with Gasteiger partial charge in [0.15, 0.2) is 0 Å². The van der Waals surface area contributed by atoms with Crippen molar-refractivity contribution in [1.82, 2.24) is 0 Å². The van der Waals surface area contributed by atoms with Gasteiger partial charge in [-0.15, -0.1) is 0 Å². The van der Waals surface area contributed by atoms with Crippen molar-refractivity contribution in [3.05, 3.63) is 0 Å². The summed E-state index contributed by atoms with van der Waals surface area (Å²) in [5.41, 5.74) is 5.40. The van der Waals surface area contributed by atoms with Gasteiger partial charge in [0.25, 0.3) is 0 Å². The van der Waals surface area contributed by atoms with Crippen LogP contribution in [0, 0.1) is 5.92 Å². The standard InChI is InChI=1S/C14H29NO2/c1-2-3-4-5-7-10-13(14(16)17)11-8-6-9-12-15/h13H,2-12,15H2,1H3,(H,16,17)/p-1. The van der Waals surface area contributed by atoms with Crippen molar-refractivity contribution in [2.45, 2.75) is 71.1 Å². The maximum absolute atomic E-state index is 10.9. The monoisotopic (exact) mass is 242 g/mol. The lowest BCUT2D eigenvalue weighted by molar-refractivity contribution is -0.312. The van der Waals surface area contributed by atoms with E-state index in [1.807, 2.05) is 0 Å². The van der Waals surface area contributed by atoms with Crippen LogP contribution < -0.4 is 10.8 Å². The van der Waals surface area contributed by atoms with Gasteiger partial charge in [0.2, 0.25) is 0 Å². The average Bonchev–Trinajstić information content (AvgIpc) is 2.31. The van der Waals surface area contributed by atoms with E-state index in [4.69, 9.17) is 5.73 Å². The van der Waals surface area contributed by atoms with E-state index in [1.54, 1.807) is 0 Å². The lowest BCUT2D eigenvalue weighted by Gasteiger charge is -2.17. The van der Waals surface area contributed by atoms with Crippen molar-refractivity contribution in [3.63, 3.8) is 0 Å². The molecule has 0 aliphatic heterocycles. The van der Waals surface area contributed by atoms with Gasteiger partial charge in [-0.2, -0.15) is 0 Å². The SMILES string of the molecule is CCCCCCCC(CCCCCN)C(=O)[O-]. The Morgan fingerprint density at radius 2 is 1.53 bits per heavy atom. The summed E-state index contributed by atoms with van der Waals surface area (Å²) in [6, 6.07) is 0. The minimum Gasteiger partial charge on any atom is -0.550 e. The molecule has 0 spiro atoms. The largest absolute Gasteiger partial charge is 0.550 e. The van der Waals surface area contributed by atoms with Crippen molar-refractivity contribution in [2.24, 2.45) is 11.7 Å². The molecule has 0 heterocycles. The molecule has 1 unspecified atom stereocenters. The molecule has 0 fully saturated rings. The Hall–Kier alpha value is -0.570. The molecular formula is C14H28NO2-. The van der Waals surface area contributed by atoms with Crippen molar-refractivity contribution in [3.8, 4) is 0 Å². The van der Waals surface area contributed by atoms with Crippen molar-refractivity contribution < 1.29 is 9.90 Å². The van der Waals surface area contributed by atoms with Gasteiger partial charge in [-0.1, -0.05) is 51.9 Å².